The second kappa shape index (κ2) is 7.20. The number of carbonyl (C=O) groups excluding carboxylic acids is 1. The molecule has 2 aromatic rings. The van der Waals surface area contributed by atoms with E-state index < -0.39 is 17.9 Å². The van der Waals surface area contributed by atoms with Crippen LogP contribution in [0.3, 0.4) is 0 Å². The number of benzene rings is 1. The van der Waals surface area contributed by atoms with Crippen molar-refractivity contribution >= 4 is 55.1 Å². The van der Waals surface area contributed by atoms with Crippen LogP contribution in [0.15, 0.2) is 44.0 Å². The molecular weight excluding hydrogens is 422 g/mol. The molecule has 2 N–H and O–H groups in total. The van der Waals surface area contributed by atoms with E-state index in [1.165, 1.54) is 11.3 Å². The van der Waals surface area contributed by atoms with Crippen molar-refractivity contribution < 1.29 is 14.7 Å². The van der Waals surface area contributed by atoms with Crippen molar-refractivity contribution in [2.24, 2.45) is 0 Å². The fourth-order valence-corrected chi connectivity index (χ4v) is 4.57. The predicted octanol–water partition coefficient (Wildman–Crippen LogP) is 3.70. The van der Waals surface area contributed by atoms with E-state index in [9.17, 15) is 14.7 Å². The molecule has 0 saturated carbocycles. The van der Waals surface area contributed by atoms with E-state index in [4.69, 9.17) is 0 Å². The molecule has 0 aliphatic carbocycles. The molecule has 21 heavy (non-hydrogen) atoms. The predicted molar refractivity (Wildman–Crippen MR) is 88.8 cm³/mol. The number of carboxylic acids is 1. The zero-order valence-corrected chi connectivity index (χ0v) is 14.7. The van der Waals surface area contributed by atoms with Gasteiger partial charge in [0.2, 0.25) is 0 Å². The Kier molecular flexibility index (Phi) is 5.55. The van der Waals surface area contributed by atoms with Crippen LogP contribution in [0.1, 0.15) is 15.9 Å². The largest absolute Gasteiger partial charge is 0.480 e. The van der Waals surface area contributed by atoms with E-state index >= 15 is 0 Å². The maximum absolute atomic E-state index is 12.2. The Hall–Kier alpha value is -1.18. The number of halogens is 2. The van der Waals surface area contributed by atoms with Crippen molar-refractivity contribution in [3.63, 3.8) is 0 Å². The molecule has 7 heteroatoms. The maximum Gasteiger partial charge on any atom is 0.326 e. The molecule has 4 nitrogen and oxygen atoms in total. The number of aliphatic carboxylic acids is 1. The molecule has 0 radical (unpaired) electrons. The molecule has 1 aromatic heterocycles. The smallest absolute Gasteiger partial charge is 0.326 e. The molecular formula is C14H11Br2NO3S. The highest BCUT2D eigenvalue weighted by Gasteiger charge is 2.23. The molecule has 1 aromatic carbocycles. The summed E-state index contributed by atoms with van der Waals surface area (Å²) < 4.78 is 1.46. The van der Waals surface area contributed by atoms with E-state index in [0.29, 0.717) is 9.35 Å². The number of nitrogens with one attached hydrogen (secondary N) is 1. The number of thiophene rings is 1. The minimum absolute atomic E-state index is 0.241. The average molecular weight is 433 g/mol. The van der Waals surface area contributed by atoms with Gasteiger partial charge in [-0.25, -0.2) is 4.79 Å². The van der Waals surface area contributed by atoms with Gasteiger partial charge >= 0.3 is 5.97 Å². The minimum atomic E-state index is -1.06. The Balaban J connectivity index is 2.11. The van der Waals surface area contributed by atoms with E-state index in [-0.39, 0.29) is 6.42 Å². The summed E-state index contributed by atoms with van der Waals surface area (Å²) in [6.45, 7) is 0. The van der Waals surface area contributed by atoms with Crippen molar-refractivity contribution in [2.75, 3.05) is 0 Å². The molecule has 2 rings (SSSR count). The second-order valence-electron chi connectivity index (χ2n) is 4.29. The molecule has 0 aliphatic heterocycles. The van der Waals surface area contributed by atoms with Crippen LogP contribution in [-0.2, 0) is 11.2 Å². The van der Waals surface area contributed by atoms with Crippen LogP contribution in [0.5, 0.6) is 0 Å². The Morgan fingerprint density at radius 1 is 1.24 bits per heavy atom. The molecule has 0 spiro atoms. The van der Waals surface area contributed by atoms with Gasteiger partial charge < -0.3 is 10.4 Å². The van der Waals surface area contributed by atoms with Crippen LogP contribution in [0.4, 0.5) is 0 Å². The summed E-state index contributed by atoms with van der Waals surface area (Å²) >= 11 is 7.95. The first-order valence-electron chi connectivity index (χ1n) is 6.00. The lowest BCUT2D eigenvalue weighted by Crippen LogP contribution is -2.42. The first kappa shape index (κ1) is 16.2. The van der Waals surface area contributed by atoms with E-state index in [0.717, 1.165) is 9.35 Å². The van der Waals surface area contributed by atoms with Crippen molar-refractivity contribution in [2.45, 2.75) is 12.5 Å². The third-order valence-corrected chi connectivity index (χ3v) is 5.13. The number of hydrogen-bond acceptors (Lipinski definition) is 3. The SMILES string of the molecule is O=C(N[C@H](Cc1ccccc1)C(=O)O)c1cc(Br)sc1Br. The molecule has 110 valence electrons. The highest BCUT2D eigenvalue weighted by Crippen LogP contribution is 2.31. The van der Waals surface area contributed by atoms with E-state index in [2.05, 4.69) is 37.2 Å². The average Bonchev–Trinajstić information content (AvgIpc) is 2.78. The monoisotopic (exact) mass is 431 g/mol. The van der Waals surface area contributed by atoms with Crippen LogP contribution >= 0.6 is 43.2 Å². The second-order valence-corrected chi connectivity index (χ2v) is 8.04. The normalized spacial score (nSPS) is 11.9. The standard InChI is InChI=1S/C14H11Br2NO3S/c15-11-7-9(12(16)21-11)13(18)17-10(14(19)20)6-8-4-2-1-3-5-8/h1-5,7,10H,6H2,(H,17,18)(H,19,20)/t10-/m1/s1. The summed E-state index contributed by atoms with van der Waals surface area (Å²) in [5, 5.41) is 11.8. The van der Waals surface area contributed by atoms with Crippen LogP contribution in [0.25, 0.3) is 0 Å². The van der Waals surface area contributed by atoms with Gasteiger partial charge in [0, 0.05) is 6.42 Å². The lowest BCUT2D eigenvalue weighted by molar-refractivity contribution is -0.139. The van der Waals surface area contributed by atoms with Crippen molar-refractivity contribution in [1.82, 2.24) is 5.32 Å². The quantitative estimate of drug-likeness (QED) is 0.756. The lowest BCUT2D eigenvalue weighted by Gasteiger charge is -2.14. The van der Waals surface area contributed by atoms with E-state index in [1.807, 2.05) is 30.3 Å². The number of rotatable bonds is 5. The molecule has 0 aliphatic rings. The Labute approximate surface area is 142 Å². The zero-order chi connectivity index (χ0) is 15.4. The topological polar surface area (TPSA) is 66.4 Å². The fourth-order valence-electron chi connectivity index (χ4n) is 1.78. The first-order valence-corrected chi connectivity index (χ1v) is 8.40. The number of carboxylic acid groups (broad SMARTS) is 1. The maximum atomic E-state index is 12.2. The Morgan fingerprint density at radius 3 is 2.43 bits per heavy atom. The van der Waals surface area contributed by atoms with Gasteiger partial charge in [-0.2, -0.15) is 0 Å². The third kappa shape index (κ3) is 4.39. The van der Waals surface area contributed by atoms with Crippen LogP contribution < -0.4 is 5.32 Å². The van der Waals surface area contributed by atoms with Gasteiger partial charge in [-0.1, -0.05) is 30.3 Å². The minimum Gasteiger partial charge on any atom is -0.480 e. The van der Waals surface area contributed by atoms with Crippen LogP contribution in [0.2, 0.25) is 0 Å². The van der Waals surface area contributed by atoms with Gasteiger partial charge in [-0.15, -0.1) is 11.3 Å². The number of amides is 1. The Morgan fingerprint density at radius 2 is 1.90 bits per heavy atom. The van der Waals surface area contributed by atoms with Gasteiger partial charge in [-0.05, 0) is 43.5 Å². The Bertz CT molecular complexity index is 657. The molecule has 0 fully saturated rings. The van der Waals surface area contributed by atoms with Crippen molar-refractivity contribution in [1.29, 1.82) is 0 Å². The molecule has 1 heterocycles. The van der Waals surface area contributed by atoms with Gasteiger partial charge in [0.05, 0.1) is 13.1 Å². The van der Waals surface area contributed by atoms with Gasteiger partial charge in [-0.3, -0.25) is 4.79 Å². The summed E-state index contributed by atoms with van der Waals surface area (Å²) in [4.78, 5) is 23.5. The fraction of sp³-hybridized carbons (Fsp3) is 0.143. The highest BCUT2D eigenvalue weighted by molar-refractivity contribution is 9.12. The third-order valence-electron chi connectivity index (χ3n) is 2.79. The van der Waals surface area contributed by atoms with Gasteiger partial charge in [0.15, 0.2) is 0 Å². The van der Waals surface area contributed by atoms with Gasteiger partial charge in [0.25, 0.3) is 5.91 Å². The number of hydrogen-bond donors (Lipinski definition) is 2. The molecule has 0 unspecified atom stereocenters. The molecule has 0 saturated heterocycles. The highest BCUT2D eigenvalue weighted by atomic mass is 79.9. The van der Waals surface area contributed by atoms with Crippen molar-refractivity contribution in [3.8, 4) is 0 Å². The summed E-state index contributed by atoms with van der Waals surface area (Å²) in [6, 6.07) is 9.89. The van der Waals surface area contributed by atoms with Crippen LogP contribution in [0, 0.1) is 0 Å². The van der Waals surface area contributed by atoms with Gasteiger partial charge in [0.1, 0.15) is 6.04 Å². The summed E-state index contributed by atoms with van der Waals surface area (Å²) in [7, 11) is 0. The number of carbonyl (C=O) groups is 2. The summed E-state index contributed by atoms with van der Waals surface area (Å²) in [5.41, 5.74) is 1.28. The zero-order valence-electron chi connectivity index (χ0n) is 10.7. The molecule has 0 bridgehead atoms. The van der Waals surface area contributed by atoms with Crippen molar-refractivity contribution in [3.05, 3.63) is 55.1 Å². The molecule has 1 atom stereocenters. The van der Waals surface area contributed by atoms with Crippen LogP contribution in [-0.4, -0.2) is 23.0 Å². The van der Waals surface area contributed by atoms with E-state index in [1.54, 1.807) is 6.07 Å². The molecule has 1 amide bonds. The lowest BCUT2D eigenvalue weighted by atomic mass is 10.1. The summed E-state index contributed by atoms with van der Waals surface area (Å²) in [6.07, 6.45) is 0.241. The summed E-state index contributed by atoms with van der Waals surface area (Å²) in [5.74, 6) is -1.47. The first-order chi connectivity index (χ1) is 9.97.